The van der Waals surface area contributed by atoms with E-state index in [2.05, 4.69) is 32.3 Å². The summed E-state index contributed by atoms with van der Waals surface area (Å²) in [5, 5.41) is 12.9. The van der Waals surface area contributed by atoms with Crippen molar-refractivity contribution < 1.29 is 14.2 Å². The molecule has 166 valence electrons. The van der Waals surface area contributed by atoms with E-state index in [0.717, 1.165) is 47.5 Å². The van der Waals surface area contributed by atoms with Crippen molar-refractivity contribution in [2.75, 3.05) is 25.3 Å². The number of hydrogen-bond donors (Lipinski definition) is 3. The maximum Gasteiger partial charge on any atom is 0.231 e. The number of ether oxygens (including phenoxy) is 3. The Labute approximate surface area is 185 Å². The molecule has 3 aromatic rings. The molecule has 5 rings (SSSR count). The molecule has 1 fully saturated rings. The second-order valence-corrected chi connectivity index (χ2v) is 7.74. The van der Waals surface area contributed by atoms with E-state index in [1.807, 2.05) is 36.4 Å². The molecule has 0 bridgehead atoms. The van der Waals surface area contributed by atoms with Crippen molar-refractivity contribution in [3.63, 3.8) is 0 Å². The van der Waals surface area contributed by atoms with Gasteiger partial charge in [0.2, 0.25) is 6.79 Å². The number of anilines is 1. The fraction of sp³-hybridized carbons (Fsp3) is 0.318. The molecule has 2 aliphatic heterocycles. The Morgan fingerprint density at radius 3 is 3.03 bits per heavy atom. The fourth-order valence-electron chi connectivity index (χ4n) is 4.05. The minimum absolute atomic E-state index is 0.0518. The number of benzene rings is 2. The number of H-pyrrole nitrogens is 1. The van der Waals surface area contributed by atoms with E-state index in [1.54, 1.807) is 11.3 Å². The van der Waals surface area contributed by atoms with Crippen LogP contribution in [0, 0.1) is 0 Å². The predicted octanol–water partition coefficient (Wildman–Crippen LogP) is 3.68. The first-order valence-corrected chi connectivity index (χ1v) is 10.5. The van der Waals surface area contributed by atoms with E-state index in [-0.39, 0.29) is 18.9 Å². The Morgan fingerprint density at radius 1 is 1.28 bits per heavy atom. The Hall–Kier alpha value is -3.79. The van der Waals surface area contributed by atoms with Gasteiger partial charge in [0.25, 0.3) is 0 Å². The number of nitrogens with one attached hydrogen (secondary N) is 2. The summed E-state index contributed by atoms with van der Waals surface area (Å²) in [7, 11) is 0. The Kier molecular flexibility index (Phi) is 5.51. The Bertz CT molecular complexity index is 1140. The van der Waals surface area contributed by atoms with E-state index < -0.39 is 0 Å². The minimum Gasteiger partial charge on any atom is -0.454 e. The van der Waals surface area contributed by atoms with Crippen LogP contribution < -0.4 is 20.6 Å². The molecule has 2 atom stereocenters. The van der Waals surface area contributed by atoms with Crippen molar-refractivity contribution in [2.24, 2.45) is 16.3 Å². The lowest BCUT2D eigenvalue weighted by Crippen LogP contribution is -2.31. The first kappa shape index (κ1) is 20.1. The average Bonchev–Trinajstić information content (AvgIpc) is 3.57. The summed E-state index contributed by atoms with van der Waals surface area (Å²) >= 11 is 0. The first-order chi connectivity index (χ1) is 15.7. The maximum atomic E-state index is 5.79. The highest BCUT2D eigenvalue weighted by Gasteiger charge is 2.27. The molecule has 10 heteroatoms. The molecule has 0 saturated carbocycles. The first-order valence-electron chi connectivity index (χ1n) is 10.5. The van der Waals surface area contributed by atoms with E-state index in [4.69, 9.17) is 20.1 Å². The molecule has 0 radical (unpaired) electrons. The molecule has 0 aliphatic carbocycles. The zero-order valence-electron chi connectivity index (χ0n) is 17.5. The van der Waals surface area contributed by atoms with Crippen LogP contribution in [0.4, 0.5) is 5.69 Å². The SMILES string of the molecule is C=C(C(Nc1ccc2nc[nH]c2c1)c1ccc2c(c1)OCO2)N(CC1CCCO1)/N=N\N. The highest BCUT2D eigenvalue weighted by molar-refractivity contribution is 5.79. The number of fused-ring (bicyclic) bond motifs is 2. The standard InChI is InChI=1S/C22H25N7O3/c1-14(29(28-27-23)11-17-3-2-8-30-17)22(15-4-7-20-21(9-15)32-13-31-20)26-16-5-6-18-19(10-16)25-12-24-18/h4-7,9-10,12,17,22,26H,1-3,8,11,13H2,(H2,23,28)(H,24,25). The third-order valence-corrected chi connectivity index (χ3v) is 5.69. The zero-order chi connectivity index (χ0) is 21.9. The number of nitrogens with zero attached hydrogens (tertiary/aromatic N) is 4. The van der Waals surface area contributed by atoms with Gasteiger partial charge in [-0.1, -0.05) is 17.9 Å². The van der Waals surface area contributed by atoms with Crippen LogP contribution >= 0.6 is 0 Å². The molecule has 2 unspecified atom stereocenters. The van der Waals surface area contributed by atoms with Crippen molar-refractivity contribution in [1.82, 2.24) is 15.0 Å². The molecule has 4 N–H and O–H groups in total. The summed E-state index contributed by atoms with van der Waals surface area (Å²) in [6.07, 6.45) is 3.71. The molecule has 10 nitrogen and oxygen atoms in total. The number of rotatable bonds is 8. The van der Waals surface area contributed by atoms with Gasteiger partial charge in [-0.05, 0) is 54.0 Å². The average molecular weight is 435 g/mol. The third kappa shape index (κ3) is 4.04. The monoisotopic (exact) mass is 435 g/mol. The molecule has 2 aliphatic rings. The lowest BCUT2D eigenvalue weighted by Gasteiger charge is -2.30. The van der Waals surface area contributed by atoms with Crippen LogP contribution in [0.1, 0.15) is 24.4 Å². The van der Waals surface area contributed by atoms with Gasteiger partial charge in [-0.15, -0.1) is 0 Å². The normalized spacial score (nSPS) is 18.3. The van der Waals surface area contributed by atoms with Crippen molar-refractivity contribution >= 4 is 16.7 Å². The number of aromatic amines is 1. The summed E-state index contributed by atoms with van der Waals surface area (Å²) in [6, 6.07) is 11.4. The smallest absolute Gasteiger partial charge is 0.231 e. The van der Waals surface area contributed by atoms with E-state index in [0.29, 0.717) is 18.0 Å². The van der Waals surface area contributed by atoms with Crippen LogP contribution in [-0.2, 0) is 4.74 Å². The van der Waals surface area contributed by atoms with E-state index in [1.165, 1.54) is 0 Å². The maximum absolute atomic E-state index is 5.79. The Morgan fingerprint density at radius 2 is 2.19 bits per heavy atom. The van der Waals surface area contributed by atoms with Crippen LogP contribution in [0.2, 0.25) is 0 Å². The van der Waals surface area contributed by atoms with Crippen molar-refractivity contribution in [3.8, 4) is 11.5 Å². The van der Waals surface area contributed by atoms with Gasteiger partial charge in [0, 0.05) is 12.3 Å². The van der Waals surface area contributed by atoms with Gasteiger partial charge >= 0.3 is 0 Å². The van der Waals surface area contributed by atoms with Crippen molar-refractivity contribution in [2.45, 2.75) is 25.0 Å². The van der Waals surface area contributed by atoms with Crippen LogP contribution in [0.5, 0.6) is 11.5 Å². The molecule has 1 saturated heterocycles. The summed E-state index contributed by atoms with van der Waals surface area (Å²) in [4.78, 5) is 7.43. The summed E-state index contributed by atoms with van der Waals surface area (Å²) < 4.78 is 16.9. The van der Waals surface area contributed by atoms with Crippen LogP contribution in [0.25, 0.3) is 11.0 Å². The molecule has 3 heterocycles. The van der Waals surface area contributed by atoms with E-state index in [9.17, 15) is 0 Å². The number of hydrogen-bond acceptors (Lipinski definition) is 7. The molecular weight excluding hydrogens is 410 g/mol. The summed E-state index contributed by atoms with van der Waals surface area (Å²) in [5.41, 5.74) is 4.34. The lowest BCUT2D eigenvalue weighted by molar-refractivity contribution is 0.0802. The van der Waals surface area contributed by atoms with Crippen LogP contribution in [-0.4, -0.2) is 41.0 Å². The number of nitrogens with two attached hydrogens (primary N) is 1. The molecular formula is C22H25N7O3. The highest BCUT2D eigenvalue weighted by atomic mass is 16.7. The molecule has 0 spiro atoms. The largest absolute Gasteiger partial charge is 0.454 e. The van der Waals surface area contributed by atoms with Gasteiger partial charge in [0.1, 0.15) is 0 Å². The second kappa shape index (κ2) is 8.75. The number of aromatic nitrogens is 2. The van der Waals surface area contributed by atoms with Gasteiger partial charge in [0.15, 0.2) is 11.5 Å². The fourth-order valence-corrected chi connectivity index (χ4v) is 4.05. The predicted molar refractivity (Wildman–Crippen MR) is 119 cm³/mol. The molecule has 1 aromatic heterocycles. The summed E-state index contributed by atoms with van der Waals surface area (Å²) in [5.74, 6) is 6.83. The topological polar surface area (TPSA) is 122 Å². The van der Waals surface area contributed by atoms with Crippen molar-refractivity contribution in [3.05, 3.63) is 60.6 Å². The van der Waals surface area contributed by atoms with Gasteiger partial charge in [0.05, 0.1) is 41.7 Å². The molecule has 32 heavy (non-hydrogen) atoms. The summed E-state index contributed by atoms with van der Waals surface area (Å²) in [6.45, 7) is 5.81. The zero-order valence-corrected chi connectivity index (χ0v) is 17.5. The van der Waals surface area contributed by atoms with Gasteiger partial charge in [-0.2, -0.15) is 0 Å². The van der Waals surface area contributed by atoms with Crippen LogP contribution in [0.3, 0.4) is 0 Å². The minimum atomic E-state index is -0.336. The molecule has 0 amide bonds. The highest BCUT2D eigenvalue weighted by Crippen LogP contribution is 2.37. The third-order valence-electron chi connectivity index (χ3n) is 5.69. The number of imidazole rings is 1. The van der Waals surface area contributed by atoms with Gasteiger partial charge < -0.3 is 30.4 Å². The second-order valence-electron chi connectivity index (χ2n) is 7.74. The van der Waals surface area contributed by atoms with Crippen LogP contribution in [0.15, 0.2) is 65.4 Å². The van der Waals surface area contributed by atoms with Crippen molar-refractivity contribution in [1.29, 1.82) is 0 Å². The van der Waals surface area contributed by atoms with Gasteiger partial charge in [-0.25, -0.2) is 9.99 Å². The Balaban J connectivity index is 1.47. The lowest BCUT2D eigenvalue weighted by atomic mass is 10.0. The van der Waals surface area contributed by atoms with Gasteiger partial charge in [-0.3, -0.25) is 0 Å². The molecule has 2 aromatic carbocycles. The van der Waals surface area contributed by atoms with E-state index >= 15 is 0 Å². The quantitative estimate of drug-likeness (QED) is 0.280.